The minimum atomic E-state index is 0.731. The zero-order valence-corrected chi connectivity index (χ0v) is 11.9. The fourth-order valence-corrected chi connectivity index (χ4v) is 2.11. The first kappa shape index (κ1) is 13.5. The van der Waals surface area contributed by atoms with Gasteiger partial charge in [0.25, 0.3) is 0 Å². The molecule has 2 heterocycles. The fourth-order valence-electron chi connectivity index (χ4n) is 2.11. The van der Waals surface area contributed by atoms with Crippen molar-refractivity contribution in [2.75, 3.05) is 6.54 Å². The van der Waals surface area contributed by atoms with E-state index in [1.165, 1.54) is 0 Å². The molecule has 4 heteroatoms. The van der Waals surface area contributed by atoms with Crippen molar-refractivity contribution in [3.05, 3.63) is 60.6 Å². The van der Waals surface area contributed by atoms with Gasteiger partial charge in [0.05, 0.1) is 17.4 Å². The van der Waals surface area contributed by atoms with Gasteiger partial charge in [-0.05, 0) is 24.7 Å². The average molecular weight is 279 g/mol. The summed E-state index contributed by atoms with van der Waals surface area (Å²) in [5, 5.41) is 4.32. The van der Waals surface area contributed by atoms with E-state index in [0.717, 1.165) is 41.2 Å². The molecule has 2 aromatic heterocycles. The SMILES string of the molecule is CCNCc1cc(Oc2cnc3ccccc3c2)ccn1. The van der Waals surface area contributed by atoms with Crippen molar-refractivity contribution in [2.45, 2.75) is 13.5 Å². The van der Waals surface area contributed by atoms with Gasteiger partial charge in [-0.2, -0.15) is 0 Å². The molecule has 0 fully saturated rings. The largest absolute Gasteiger partial charge is 0.456 e. The number of aromatic nitrogens is 2. The average Bonchev–Trinajstić information content (AvgIpc) is 2.53. The van der Waals surface area contributed by atoms with Gasteiger partial charge in [-0.3, -0.25) is 9.97 Å². The molecule has 3 rings (SSSR count). The lowest BCUT2D eigenvalue weighted by Gasteiger charge is -2.08. The van der Waals surface area contributed by atoms with E-state index in [4.69, 9.17) is 4.74 Å². The molecule has 1 N–H and O–H groups in total. The van der Waals surface area contributed by atoms with Crippen molar-refractivity contribution in [3.8, 4) is 11.5 Å². The number of pyridine rings is 2. The smallest absolute Gasteiger partial charge is 0.146 e. The zero-order valence-electron chi connectivity index (χ0n) is 11.9. The number of benzene rings is 1. The standard InChI is InChI=1S/C17H17N3O/c1-2-18-11-14-10-15(7-8-19-14)21-16-9-13-5-3-4-6-17(13)20-12-16/h3-10,12,18H,2,11H2,1H3. The van der Waals surface area contributed by atoms with E-state index < -0.39 is 0 Å². The Balaban J connectivity index is 1.81. The van der Waals surface area contributed by atoms with Crippen molar-refractivity contribution < 1.29 is 4.74 Å². The molecule has 0 aliphatic heterocycles. The van der Waals surface area contributed by atoms with Gasteiger partial charge in [-0.25, -0.2) is 0 Å². The first-order valence-electron chi connectivity index (χ1n) is 7.03. The van der Waals surface area contributed by atoms with Crippen LogP contribution in [0.5, 0.6) is 11.5 Å². The molecule has 0 bridgehead atoms. The maximum absolute atomic E-state index is 5.88. The maximum atomic E-state index is 5.88. The van der Waals surface area contributed by atoms with Crippen LogP contribution in [-0.2, 0) is 6.54 Å². The number of fused-ring (bicyclic) bond motifs is 1. The Morgan fingerprint density at radius 1 is 1.05 bits per heavy atom. The third kappa shape index (κ3) is 3.35. The van der Waals surface area contributed by atoms with E-state index in [9.17, 15) is 0 Å². The van der Waals surface area contributed by atoms with Crippen molar-refractivity contribution in [1.29, 1.82) is 0 Å². The van der Waals surface area contributed by atoms with E-state index in [1.807, 2.05) is 42.5 Å². The van der Waals surface area contributed by atoms with Crippen LogP contribution in [0, 0.1) is 0 Å². The molecular weight excluding hydrogens is 262 g/mol. The Labute approximate surface area is 123 Å². The number of hydrogen-bond acceptors (Lipinski definition) is 4. The Bertz CT molecular complexity index is 743. The molecular formula is C17H17N3O. The highest BCUT2D eigenvalue weighted by molar-refractivity contribution is 5.79. The number of rotatable bonds is 5. The maximum Gasteiger partial charge on any atom is 0.146 e. The van der Waals surface area contributed by atoms with Gasteiger partial charge in [0, 0.05) is 24.2 Å². The molecule has 3 aromatic rings. The molecule has 106 valence electrons. The molecule has 0 spiro atoms. The molecule has 0 aliphatic carbocycles. The second kappa shape index (κ2) is 6.33. The van der Waals surface area contributed by atoms with Gasteiger partial charge < -0.3 is 10.1 Å². The first-order valence-corrected chi connectivity index (χ1v) is 7.03. The highest BCUT2D eigenvalue weighted by atomic mass is 16.5. The van der Waals surface area contributed by atoms with Crippen molar-refractivity contribution in [1.82, 2.24) is 15.3 Å². The molecule has 1 aromatic carbocycles. The highest BCUT2D eigenvalue weighted by Gasteiger charge is 2.02. The van der Waals surface area contributed by atoms with Gasteiger partial charge in [-0.1, -0.05) is 25.1 Å². The van der Waals surface area contributed by atoms with Gasteiger partial charge >= 0.3 is 0 Å². The summed E-state index contributed by atoms with van der Waals surface area (Å²) in [5.41, 5.74) is 1.93. The van der Waals surface area contributed by atoms with Crippen LogP contribution in [0.3, 0.4) is 0 Å². The van der Waals surface area contributed by atoms with Gasteiger partial charge in [0.2, 0.25) is 0 Å². The fraction of sp³-hybridized carbons (Fsp3) is 0.176. The van der Waals surface area contributed by atoms with Crippen molar-refractivity contribution >= 4 is 10.9 Å². The van der Waals surface area contributed by atoms with Crippen LogP contribution in [0.25, 0.3) is 10.9 Å². The molecule has 0 saturated heterocycles. The van der Waals surface area contributed by atoms with Crippen LogP contribution in [0.15, 0.2) is 54.9 Å². The summed E-state index contributed by atoms with van der Waals surface area (Å²) in [6.45, 7) is 3.73. The van der Waals surface area contributed by atoms with Crippen LogP contribution in [0.4, 0.5) is 0 Å². The highest BCUT2D eigenvalue weighted by Crippen LogP contribution is 2.24. The lowest BCUT2D eigenvalue weighted by molar-refractivity contribution is 0.479. The second-order valence-corrected chi connectivity index (χ2v) is 4.73. The van der Waals surface area contributed by atoms with E-state index in [1.54, 1.807) is 12.4 Å². The summed E-state index contributed by atoms with van der Waals surface area (Å²) in [4.78, 5) is 8.71. The molecule has 0 radical (unpaired) electrons. The third-order valence-corrected chi connectivity index (χ3v) is 3.15. The summed E-state index contributed by atoms with van der Waals surface area (Å²) >= 11 is 0. The van der Waals surface area contributed by atoms with Crippen LogP contribution >= 0.6 is 0 Å². The van der Waals surface area contributed by atoms with Crippen molar-refractivity contribution in [3.63, 3.8) is 0 Å². The van der Waals surface area contributed by atoms with E-state index >= 15 is 0 Å². The zero-order chi connectivity index (χ0) is 14.5. The molecule has 21 heavy (non-hydrogen) atoms. The summed E-state index contributed by atoms with van der Waals surface area (Å²) in [5.74, 6) is 1.50. The number of para-hydroxylation sites is 1. The number of hydrogen-bond donors (Lipinski definition) is 1. The number of ether oxygens (including phenoxy) is 1. The Hall–Kier alpha value is -2.46. The normalized spacial score (nSPS) is 10.7. The summed E-state index contributed by atoms with van der Waals surface area (Å²) < 4.78 is 5.88. The van der Waals surface area contributed by atoms with Gasteiger partial charge in [-0.15, -0.1) is 0 Å². The monoisotopic (exact) mass is 279 g/mol. The third-order valence-electron chi connectivity index (χ3n) is 3.15. The summed E-state index contributed by atoms with van der Waals surface area (Å²) in [6, 6.07) is 13.8. The minimum absolute atomic E-state index is 0.731. The van der Waals surface area contributed by atoms with E-state index in [0.29, 0.717) is 0 Å². The summed E-state index contributed by atoms with van der Waals surface area (Å²) in [6.07, 6.45) is 3.50. The van der Waals surface area contributed by atoms with Gasteiger partial charge in [0.1, 0.15) is 11.5 Å². The molecule has 0 atom stereocenters. The van der Waals surface area contributed by atoms with Gasteiger partial charge in [0.15, 0.2) is 0 Å². The van der Waals surface area contributed by atoms with Crippen LogP contribution in [-0.4, -0.2) is 16.5 Å². The van der Waals surface area contributed by atoms with Crippen LogP contribution < -0.4 is 10.1 Å². The quantitative estimate of drug-likeness (QED) is 0.776. The molecule has 4 nitrogen and oxygen atoms in total. The predicted molar refractivity (Wildman–Crippen MR) is 83.4 cm³/mol. The predicted octanol–water partition coefficient (Wildman–Crippen LogP) is 3.53. The van der Waals surface area contributed by atoms with Crippen molar-refractivity contribution in [2.24, 2.45) is 0 Å². The molecule has 0 unspecified atom stereocenters. The van der Waals surface area contributed by atoms with Crippen LogP contribution in [0.1, 0.15) is 12.6 Å². The molecule has 0 amide bonds. The Morgan fingerprint density at radius 3 is 2.86 bits per heavy atom. The Kier molecular flexibility index (Phi) is 4.07. The summed E-state index contributed by atoms with van der Waals surface area (Å²) in [7, 11) is 0. The topological polar surface area (TPSA) is 47.0 Å². The molecule has 0 saturated carbocycles. The van der Waals surface area contributed by atoms with E-state index in [-0.39, 0.29) is 0 Å². The second-order valence-electron chi connectivity index (χ2n) is 4.73. The minimum Gasteiger partial charge on any atom is -0.456 e. The Morgan fingerprint density at radius 2 is 1.95 bits per heavy atom. The number of nitrogens with zero attached hydrogens (tertiary/aromatic N) is 2. The number of nitrogens with one attached hydrogen (secondary N) is 1. The lowest BCUT2D eigenvalue weighted by Crippen LogP contribution is -2.12. The van der Waals surface area contributed by atoms with E-state index in [2.05, 4.69) is 22.2 Å². The first-order chi connectivity index (χ1) is 10.3. The van der Waals surface area contributed by atoms with Crippen LogP contribution in [0.2, 0.25) is 0 Å². The molecule has 0 aliphatic rings. The lowest BCUT2D eigenvalue weighted by atomic mass is 10.2.